The third-order valence-electron chi connectivity index (χ3n) is 5.02. The summed E-state index contributed by atoms with van der Waals surface area (Å²) in [7, 11) is -3.68. The average molecular weight is 437 g/mol. The number of carbonyl (C=O) groups is 1. The maximum Gasteiger partial charge on any atom is 0.251 e. The summed E-state index contributed by atoms with van der Waals surface area (Å²) in [6.07, 6.45) is 0.679. The molecular weight excluding hydrogens is 415 g/mol. The first-order valence-electron chi connectivity index (χ1n) is 9.36. The first kappa shape index (κ1) is 20.3. The van der Waals surface area contributed by atoms with Gasteiger partial charge < -0.3 is 10.1 Å². The lowest BCUT2D eigenvalue weighted by Gasteiger charge is -2.27. The molecule has 4 rings (SSSR count). The van der Waals surface area contributed by atoms with Crippen molar-refractivity contribution in [1.82, 2.24) is 9.62 Å². The molecule has 0 radical (unpaired) electrons. The Morgan fingerprint density at radius 2 is 1.97 bits per heavy atom. The summed E-state index contributed by atoms with van der Waals surface area (Å²) in [6.45, 7) is 1.30. The van der Waals surface area contributed by atoms with Crippen LogP contribution in [0.1, 0.15) is 28.4 Å². The van der Waals surface area contributed by atoms with Crippen LogP contribution in [-0.2, 0) is 14.8 Å². The maximum atomic E-state index is 13.7. The molecule has 0 aromatic heterocycles. The van der Waals surface area contributed by atoms with Gasteiger partial charge in [-0.3, -0.25) is 4.79 Å². The number of sulfonamides is 1. The molecule has 2 aromatic rings. The minimum atomic E-state index is -3.68. The normalized spacial score (nSPS) is 20.1. The van der Waals surface area contributed by atoms with Gasteiger partial charge in [-0.2, -0.15) is 4.31 Å². The standard InChI is InChI=1S/C20H21FN2O4S2/c21-15-4-5-19-17(13-15)18(6-11-28-19)22-20(24)14-2-1-3-16(12-14)29(25,26)23-7-9-27-10-8-23/h1-5,12-13,18H,6-11H2,(H,22,24)/t18-/m1/s1. The summed E-state index contributed by atoms with van der Waals surface area (Å²) in [5.41, 5.74) is 1.02. The molecule has 0 saturated carbocycles. The second kappa shape index (κ2) is 8.43. The fourth-order valence-electron chi connectivity index (χ4n) is 3.49. The van der Waals surface area contributed by atoms with Crippen LogP contribution in [0.15, 0.2) is 52.3 Å². The molecule has 0 unspecified atom stereocenters. The molecule has 0 spiro atoms. The lowest BCUT2D eigenvalue weighted by molar-refractivity contribution is 0.0730. The van der Waals surface area contributed by atoms with Gasteiger partial charge in [0.25, 0.3) is 5.91 Å². The molecule has 2 heterocycles. The topological polar surface area (TPSA) is 75.7 Å². The number of nitrogens with one attached hydrogen (secondary N) is 1. The molecule has 29 heavy (non-hydrogen) atoms. The van der Waals surface area contributed by atoms with Crippen LogP contribution in [0.25, 0.3) is 0 Å². The van der Waals surface area contributed by atoms with Gasteiger partial charge in [-0.05, 0) is 48.4 Å². The van der Waals surface area contributed by atoms with E-state index in [0.29, 0.717) is 32.7 Å². The Kier molecular flexibility index (Phi) is 5.91. The predicted molar refractivity (Wildman–Crippen MR) is 108 cm³/mol. The highest BCUT2D eigenvalue weighted by molar-refractivity contribution is 7.99. The van der Waals surface area contributed by atoms with Crippen molar-refractivity contribution < 1.29 is 22.3 Å². The molecule has 1 atom stereocenters. The zero-order valence-corrected chi connectivity index (χ0v) is 17.3. The third kappa shape index (κ3) is 4.32. The first-order valence-corrected chi connectivity index (χ1v) is 11.8. The summed E-state index contributed by atoms with van der Waals surface area (Å²) < 4.78 is 46.0. The number of halogens is 1. The highest BCUT2D eigenvalue weighted by Crippen LogP contribution is 2.36. The van der Waals surface area contributed by atoms with E-state index in [2.05, 4.69) is 5.32 Å². The molecule has 1 saturated heterocycles. The van der Waals surface area contributed by atoms with E-state index in [1.807, 2.05) is 0 Å². The number of hydrogen-bond donors (Lipinski definition) is 1. The van der Waals surface area contributed by atoms with Gasteiger partial charge in [0.2, 0.25) is 10.0 Å². The van der Waals surface area contributed by atoms with Crippen LogP contribution in [-0.4, -0.2) is 50.7 Å². The second-order valence-electron chi connectivity index (χ2n) is 6.89. The van der Waals surface area contributed by atoms with Crippen molar-refractivity contribution in [3.8, 4) is 0 Å². The number of hydrogen-bond acceptors (Lipinski definition) is 5. The smallest absolute Gasteiger partial charge is 0.251 e. The third-order valence-corrected chi connectivity index (χ3v) is 8.04. The van der Waals surface area contributed by atoms with Crippen LogP contribution in [0.5, 0.6) is 0 Å². The summed E-state index contributed by atoms with van der Waals surface area (Å²) in [5, 5.41) is 2.93. The Morgan fingerprint density at radius 3 is 2.76 bits per heavy atom. The van der Waals surface area contributed by atoms with Crippen molar-refractivity contribution >= 4 is 27.7 Å². The van der Waals surface area contributed by atoms with Crippen molar-refractivity contribution in [2.24, 2.45) is 0 Å². The number of ether oxygens (including phenoxy) is 1. The van der Waals surface area contributed by atoms with E-state index in [1.54, 1.807) is 30.0 Å². The van der Waals surface area contributed by atoms with E-state index >= 15 is 0 Å². The summed E-state index contributed by atoms with van der Waals surface area (Å²) in [5.74, 6) is 0.0925. The molecule has 6 nitrogen and oxygen atoms in total. The van der Waals surface area contributed by atoms with Crippen LogP contribution in [0, 0.1) is 5.82 Å². The summed E-state index contributed by atoms with van der Waals surface area (Å²) in [6, 6.07) is 10.3. The van der Waals surface area contributed by atoms with E-state index < -0.39 is 10.0 Å². The molecule has 2 aliphatic rings. The Hall–Kier alpha value is -1.94. The summed E-state index contributed by atoms with van der Waals surface area (Å²) >= 11 is 1.63. The Bertz CT molecular complexity index is 1020. The zero-order chi connectivity index (χ0) is 20.4. The molecule has 2 aliphatic heterocycles. The number of morpholine rings is 1. The molecule has 1 N–H and O–H groups in total. The van der Waals surface area contributed by atoms with Gasteiger partial charge in [-0.15, -0.1) is 11.8 Å². The van der Waals surface area contributed by atoms with Gasteiger partial charge in [0.1, 0.15) is 5.82 Å². The SMILES string of the molecule is O=C(N[C@@H]1CCSc2ccc(F)cc21)c1cccc(S(=O)(=O)N2CCOCC2)c1. The van der Waals surface area contributed by atoms with Gasteiger partial charge in [0, 0.05) is 29.3 Å². The number of rotatable bonds is 4. The van der Waals surface area contributed by atoms with Gasteiger partial charge in [-0.25, -0.2) is 12.8 Å². The monoisotopic (exact) mass is 436 g/mol. The van der Waals surface area contributed by atoms with Crippen LogP contribution in [0.3, 0.4) is 0 Å². The van der Waals surface area contributed by atoms with Crippen molar-refractivity contribution in [3.63, 3.8) is 0 Å². The van der Waals surface area contributed by atoms with Crippen molar-refractivity contribution in [2.75, 3.05) is 32.1 Å². The molecule has 1 amide bonds. The number of benzene rings is 2. The largest absolute Gasteiger partial charge is 0.379 e. The van der Waals surface area contributed by atoms with E-state index in [1.165, 1.54) is 28.6 Å². The van der Waals surface area contributed by atoms with E-state index in [9.17, 15) is 17.6 Å². The van der Waals surface area contributed by atoms with Crippen LogP contribution >= 0.6 is 11.8 Å². The Balaban J connectivity index is 1.55. The number of amides is 1. The molecular formula is C20H21FN2O4S2. The molecule has 0 aliphatic carbocycles. The molecule has 0 bridgehead atoms. The van der Waals surface area contributed by atoms with Crippen LogP contribution in [0.4, 0.5) is 4.39 Å². The highest BCUT2D eigenvalue weighted by Gasteiger charge is 2.28. The second-order valence-corrected chi connectivity index (χ2v) is 9.96. The maximum absolute atomic E-state index is 13.7. The fourth-order valence-corrected chi connectivity index (χ4v) is 6.05. The van der Waals surface area contributed by atoms with Gasteiger partial charge in [0.15, 0.2) is 0 Å². The van der Waals surface area contributed by atoms with Crippen LogP contribution in [0.2, 0.25) is 0 Å². The first-order chi connectivity index (χ1) is 13.9. The van der Waals surface area contributed by atoms with Crippen molar-refractivity contribution in [2.45, 2.75) is 22.3 Å². The number of nitrogens with zero attached hydrogens (tertiary/aromatic N) is 1. The lowest BCUT2D eigenvalue weighted by atomic mass is 10.0. The van der Waals surface area contributed by atoms with E-state index in [-0.39, 0.29) is 28.2 Å². The minimum absolute atomic E-state index is 0.0812. The minimum Gasteiger partial charge on any atom is -0.379 e. The van der Waals surface area contributed by atoms with Crippen molar-refractivity contribution in [1.29, 1.82) is 0 Å². The molecule has 2 aromatic carbocycles. The van der Waals surface area contributed by atoms with Gasteiger partial charge in [-0.1, -0.05) is 6.07 Å². The highest BCUT2D eigenvalue weighted by atomic mass is 32.2. The number of carbonyl (C=O) groups excluding carboxylic acids is 1. The quantitative estimate of drug-likeness (QED) is 0.798. The van der Waals surface area contributed by atoms with Crippen LogP contribution < -0.4 is 5.32 Å². The van der Waals surface area contributed by atoms with Gasteiger partial charge >= 0.3 is 0 Å². The van der Waals surface area contributed by atoms with E-state index in [4.69, 9.17) is 4.74 Å². The fraction of sp³-hybridized carbons (Fsp3) is 0.350. The Labute approximate surface area is 173 Å². The summed E-state index contributed by atoms with van der Waals surface area (Å²) in [4.78, 5) is 13.9. The van der Waals surface area contributed by atoms with E-state index in [0.717, 1.165) is 16.2 Å². The number of thioether (sulfide) groups is 1. The Morgan fingerprint density at radius 1 is 1.17 bits per heavy atom. The predicted octanol–water partition coefficient (Wildman–Crippen LogP) is 2.81. The van der Waals surface area contributed by atoms with Gasteiger partial charge in [0.05, 0.1) is 24.2 Å². The molecule has 1 fully saturated rings. The lowest BCUT2D eigenvalue weighted by Crippen LogP contribution is -2.40. The zero-order valence-electron chi connectivity index (χ0n) is 15.6. The van der Waals surface area contributed by atoms with Crippen molar-refractivity contribution in [3.05, 3.63) is 59.4 Å². The average Bonchev–Trinajstić information content (AvgIpc) is 2.75. The molecule has 154 valence electrons. The molecule has 9 heteroatoms. The number of fused-ring (bicyclic) bond motifs is 1.